The number of nitrogens with one attached hydrogen (secondary N) is 1. The first-order valence-electron chi connectivity index (χ1n) is 10.5. The maximum absolute atomic E-state index is 13.1. The van der Waals surface area contributed by atoms with E-state index in [1.54, 1.807) is 6.08 Å². The Labute approximate surface area is 175 Å². The van der Waals surface area contributed by atoms with Gasteiger partial charge in [0, 0.05) is 11.4 Å². The number of amides is 4. The van der Waals surface area contributed by atoms with E-state index in [1.165, 1.54) is 4.90 Å². The van der Waals surface area contributed by atoms with Gasteiger partial charge in [-0.25, -0.2) is 4.79 Å². The topological polar surface area (TPSA) is 75.7 Å². The molecule has 30 heavy (non-hydrogen) atoms. The normalized spacial score (nSPS) is 19.2. The minimum atomic E-state index is -0.650. The highest BCUT2D eigenvalue weighted by atomic mass is 16.5. The van der Waals surface area contributed by atoms with Crippen molar-refractivity contribution >= 4 is 34.7 Å². The fourth-order valence-corrected chi connectivity index (χ4v) is 4.12. The molecule has 4 amide bonds. The maximum Gasteiger partial charge on any atom is 0.331 e. The first kappa shape index (κ1) is 20.1. The van der Waals surface area contributed by atoms with E-state index in [4.69, 9.17) is 4.74 Å². The molecule has 0 atom stereocenters. The molecule has 1 aliphatic carbocycles. The molecule has 1 heterocycles. The second-order valence-corrected chi connectivity index (χ2v) is 8.33. The fourth-order valence-electron chi connectivity index (χ4n) is 4.12. The summed E-state index contributed by atoms with van der Waals surface area (Å²) >= 11 is 0. The van der Waals surface area contributed by atoms with Crippen LogP contribution < -0.4 is 10.1 Å². The van der Waals surface area contributed by atoms with Gasteiger partial charge >= 0.3 is 6.03 Å². The number of carbonyl (C=O) groups is 3. The fraction of sp³-hybridized carbons (Fsp3) is 0.375. The number of carbonyl (C=O) groups excluding carboxylic acids is 3. The van der Waals surface area contributed by atoms with E-state index in [2.05, 4.69) is 19.2 Å². The maximum atomic E-state index is 13.1. The van der Waals surface area contributed by atoms with Crippen molar-refractivity contribution in [2.24, 2.45) is 5.92 Å². The van der Waals surface area contributed by atoms with Crippen molar-refractivity contribution in [1.82, 2.24) is 10.2 Å². The van der Waals surface area contributed by atoms with E-state index < -0.39 is 17.8 Å². The van der Waals surface area contributed by atoms with Crippen LogP contribution in [-0.4, -0.2) is 35.4 Å². The molecule has 6 heteroatoms. The number of imide groups is 2. The first-order chi connectivity index (χ1) is 14.5. The number of barbiturate groups is 1. The van der Waals surface area contributed by atoms with Crippen LogP contribution in [0.5, 0.6) is 5.75 Å². The van der Waals surface area contributed by atoms with Gasteiger partial charge in [0.2, 0.25) is 0 Å². The van der Waals surface area contributed by atoms with Crippen molar-refractivity contribution in [2.45, 2.75) is 45.6 Å². The highest BCUT2D eigenvalue weighted by Gasteiger charge is 2.40. The van der Waals surface area contributed by atoms with E-state index in [1.807, 2.05) is 36.4 Å². The second kappa shape index (κ2) is 8.30. The number of urea groups is 1. The number of nitrogens with zero attached hydrogens (tertiary/aromatic N) is 1. The Morgan fingerprint density at radius 1 is 1.07 bits per heavy atom. The molecular formula is C24H26N2O4. The molecule has 156 valence electrons. The highest BCUT2D eigenvalue weighted by Crippen LogP contribution is 2.32. The van der Waals surface area contributed by atoms with Gasteiger partial charge in [-0.2, -0.15) is 0 Å². The van der Waals surface area contributed by atoms with Crippen LogP contribution in [-0.2, 0) is 9.59 Å². The molecule has 0 spiro atoms. The SMILES string of the molecule is CC(C)COc1ccc(/C=C2/C(=O)NC(=O)N(C3CCCC3)C2=O)c2ccccc12. The number of fused-ring (bicyclic) bond motifs is 1. The Kier molecular flexibility index (Phi) is 5.57. The van der Waals surface area contributed by atoms with Crippen molar-refractivity contribution in [1.29, 1.82) is 0 Å². The Morgan fingerprint density at radius 2 is 1.77 bits per heavy atom. The van der Waals surface area contributed by atoms with Gasteiger partial charge in [-0.15, -0.1) is 0 Å². The molecule has 2 fully saturated rings. The summed E-state index contributed by atoms with van der Waals surface area (Å²) in [5.41, 5.74) is 0.726. The van der Waals surface area contributed by atoms with Crippen LogP contribution in [0.25, 0.3) is 16.8 Å². The van der Waals surface area contributed by atoms with Gasteiger partial charge in [0.25, 0.3) is 11.8 Å². The van der Waals surface area contributed by atoms with Crippen LogP contribution in [0.1, 0.15) is 45.1 Å². The molecule has 2 aliphatic rings. The molecule has 1 saturated heterocycles. The van der Waals surface area contributed by atoms with Crippen LogP contribution in [0.2, 0.25) is 0 Å². The van der Waals surface area contributed by atoms with E-state index in [9.17, 15) is 14.4 Å². The van der Waals surface area contributed by atoms with Crippen molar-refractivity contribution in [3.05, 3.63) is 47.5 Å². The van der Waals surface area contributed by atoms with Gasteiger partial charge in [0.1, 0.15) is 11.3 Å². The summed E-state index contributed by atoms with van der Waals surface area (Å²) in [5, 5.41) is 4.14. The third-order valence-corrected chi connectivity index (χ3v) is 5.61. The van der Waals surface area contributed by atoms with Gasteiger partial charge in [-0.05, 0) is 41.9 Å². The Bertz CT molecular complexity index is 1030. The molecular weight excluding hydrogens is 380 g/mol. The summed E-state index contributed by atoms with van der Waals surface area (Å²) in [5.74, 6) is 0.000167. The quantitative estimate of drug-likeness (QED) is 0.594. The summed E-state index contributed by atoms with van der Waals surface area (Å²) in [6.07, 6.45) is 5.12. The van der Waals surface area contributed by atoms with Gasteiger partial charge in [-0.3, -0.25) is 19.8 Å². The lowest BCUT2D eigenvalue weighted by molar-refractivity contribution is -0.131. The van der Waals surface area contributed by atoms with Crippen LogP contribution in [0.15, 0.2) is 42.0 Å². The summed E-state index contributed by atoms with van der Waals surface area (Å²) in [6.45, 7) is 4.78. The lowest BCUT2D eigenvalue weighted by Crippen LogP contribution is -2.57. The Balaban J connectivity index is 1.73. The number of benzene rings is 2. The van der Waals surface area contributed by atoms with Gasteiger partial charge < -0.3 is 4.74 Å². The molecule has 0 radical (unpaired) electrons. The molecule has 1 aliphatic heterocycles. The molecule has 0 bridgehead atoms. The van der Waals surface area contributed by atoms with Crippen LogP contribution in [0.4, 0.5) is 4.79 Å². The number of hydrogen-bond acceptors (Lipinski definition) is 4. The van der Waals surface area contributed by atoms with E-state index in [0.29, 0.717) is 12.5 Å². The van der Waals surface area contributed by atoms with Crippen molar-refractivity contribution in [3.8, 4) is 5.75 Å². The molecule has 2 aromatic rings. The minimum absolute atomic E-state index is 0.0116. The van der Waals surface area contributed by atoms with Gasteiger partial charge in [-0.1, -0.05) is 57.0 Å². The van der Waals surface area contributed by atoms with Crippen LogP contribution in [0, 0.1) is 5.92 Å². The number of hydrogen-bond donors (Lipinski definition) is 1. The van der Waals surface area contributed by atoms with E-state index in [0.717, 1.165) is 47.8 Å². The van der Waals surface area contributed by atoms with Gasteiger partial charge in [0.15, 0.2) is 0 Å². The third-order valence-electron chi connectivity index (χ3n) is 5.61. The average Bonchev–Trinajstić information content (AvgIpc) is 3.24. The average molecular weight is 406 g/mol. The van der Waals surface area contributed by atoms with Gasteiger partial charge in [0.05, 0.1) is 6.61 Å². The summed E-state index contributed by atoms with van der Waals surface area (Å²) in [7, 11) is 0. The van der Waals surface area contributed by atoms with Crippen LogP contribution >= 0.6 is 0 Å². The molecule has 0 unspecified atom stereocenters. The lowest BCUT2D eigenvalue weighted by Gasteiger charge is -2.31. The lowest BCUT2D eigenvalue weighted by atomic mass is 9.99. The Morgan fingerprint density at radius 3 is 2.47 bits per heavy atom. The minimum Gasteiger partial charge on any atom is -0.493 e. The smallest absolute Gasteiger partial charge is 0.331 e. The number of rotatable bonds is 5. The summed E-state index contributed by atoms with van der Waals surface area (Å²) < 4.78 is 5.95. The first-order valence-corrected chi connectivity index (χ1v) is 10.5. The zero-order valence-corrected chi connectivity index (χ0v) is 17.3. The highest BCUT2D eigenvalue weighted by molar-refractivity contribution is 6.31. The molecule has 6 nitrogen and oxygen atoms in total. The molecule has 2 aromatic carbocycles. The molecule has 4 rings (SSSR count). The predicted molar refractivity (Wildman–Crippen MR) is 115 cm³/mol. The van der Waals surface area contributed by atoms with Crippen LogP contribution in [0.3, 0.4) is 0 Å². The third kappa shape index (κ3) is 3.82. The zero-order valence-electron chi connectivity index (χ0n) is 17.3. The summed E-state index contributed by atoms with van der Waals surface area (Å²) in [6, 6.07) is 10.7. The van der Waals surface area contributed by atoms with Crippen molar-refractivity contribution in [2.75, 3.05) is 6.61 Å². The Hall–Kier alpha value is -3.15. The standard InChI is InChI=1S/C24H26N2O4/c1-15(2)14-30-21-12-11-16(18-9-5-6-10-19(18)21)13-20-22(27)25-24(29)26(23(20)28)17-7-3-4-8-17/h5-6,9-13,15,17H,3-4,7-8,14H2,1-2H3,(H,25,27,29)/b20-13-. The molecule has 1 saturated carbocycles. The largest absolute Gasteiger partial charge is 0.493 e. The molecule has 1 N–H and O–H groups in total. The zero-order chi connectivity index (χ0) is 21.3. The van der Waals surface area contributed by atoms with Crippen molar-refractivity contribution < 1.29 is 19.1 Å². The monoisotopic (exact) mass is 406 g/mol. The van der Waals surface area contributed by atoms with E-state index in [-0.39, 0.29) is 11.6 Å². The van der Waals surface area contributed by atoms with E-state index >= 15 is 0 Å². The predicted octanol–water partition coefficient (Wildman–Crippen LogP) is 4.28. The van der Waals surface area contributed by atoms with Crippen molar-refractivity contribution in [3.63, 3.8) is 0 Å². The number of ether oxygens (including phenoxy) is 1. The second-order valence-electron chi connectivity index (χ2n) is 8.33. The summed E-state index contributed by atoms with van der Waals surface area (Å²) in [4.78, 5) is 39.1. The molecule has 0 aromatic heterocycles.